The molecule has 190 valence electrons. The summed E-state index contributed by atoms with van der Waals surface area (Å²) in [7, 11) is -3.88. The number of imide groups is 1. The summed E-state index contributed by atoms with van der Waals surface area (Å²) in [6.07, 6.45) is 0. The van der Waals surface area contributed by atoms with E-state index in [1.54, 1.807) is 19.1 Å². The molecule has 0 spiro atoms. The van der Waals surface area contributed by atoms with Crippen LogP contribution < -0.4 is 20.7 Å². The molecule has 37 heavy (non-hydrogen) atoms. The highest BCUT2D eigenvalue weighted by Gasteiger charge is 2.39. The summed E-state index contributed by atoms with van der Waals surface area (Å²) in [6, 6.07) is 13.3. The van der Waals surface area contributed by atoms with E-state index < -0.39 is 38.6 Å². The Kier molecular flexibility index (Phi) is 7.07. The van der Waals surface area contributed by atoms with E-state index in [4.69, 9.17) is 28.3 Å². The minimum absolute atomic E-state index is 0.0367. The highest BCUT2D eigenvalue weighted by Crippen LogP contribution is 2.33. The molecule has 0 radical (unpaired) electrons. The molecule has 3 aromatic rings. The number of nitrogens with one attached hydrogen (secondary N) is 2. The summed E-state index contributed by atoms with van der Waals surface area (Å²) in [5.41, 5.74) is 1.28. The normalized spacial score (nSPS) is 13.8. The molecule has 4 rings (SSSR count). The smallest absolute Gasteiger partial charge is 0.283 e. The molecule has 0 saturated heterocycles. The molecule has 0 saturated carbocycles. The van der Waals surface area contributed by atoms with E-state index in [2.05, 4.69) is 10.6 Å². The summed E-state index contributed by atoms with van der Waals surface area (Å²) in [6.45, 7) is 1.71. The van der Waals surface area contributed by atoms with Crippen LogP contribution in [0.25, 0.3) is 0 Å². The van der Waals surface area contributed by atoms with Crippen LogP contribution in [0.15, 0.2) is 76.3 Å². The van der Waals surface area contributed by atoms with Crippen LogP contribution in [0.1, 0.15) is 15.9 Å². The Hall–Kier alpha value is -3.77. The number of rotatable bonds is 6. The van der Waals surface area contributed by atoms with Crippen LogP contribution in [0.5, 0.6) is 0 Å². The van der Waals surface area contributed by atoms with Gasteiger partial charge in [-0.1, -0.05) is 29.3 Å². The number of carbonyl (C=O) groups excluding carboxylic acids is 3. The Labute approximate surface area is 220 Å². The van der Waals surface area contributed by atoms with Crippen molar-refractivity contribution in [3.63, 3.8) is 0 Å². The van der Waals surface area contributed by atoms with Gasteiger partial charge in [0.1, 0.15) is 16.5 Å². The topological polar surface area (TPSA) is 139 Å². The van der Waals surface area contributed by atoms with Gasteiger partial charge in [-0.25, -0.2) is 22.8 Å². The number of aryl methyl sites for hydroxylation is 1. The van der Waals surface area contributed by atoms with Gasteiger partial charge >= 0.3 is 0 Å². The standard InChI is InChI=1S/C24H17Cl2FN4O5S/c1-12-2-3-13(22(32)29-14-4-7-16(8-5-14)37(28,35)36)10-19(12)30-21-20(26)23(33)31(24(21)34)15-6-9-18(27)17(25)11-15/h2-11,30H,1H3,(H,29,32)(H2,28,35,36). The van der Waals surface area contributed by atoms with Gasteiger partial charge in [-0.3, -0.25) is 14.4 Å². The molecular formula is C24H17Cl2FN4O5S. The zero-order chi connectivity index (χ0) is 27.1. The van der Waals surface area contributed by atoms with Crippen molar-refractivity contribution in [1.29, 1.82) is 0 Å². The number of sulfonamides is 1. The Morgan fingerprint density at radius 2 is 1.65 bits per heavy atom. The number of hydrogen-bond donors (Lipinski definition) is 3. The fourth-order valence-corrected chi connectivity index (χ4v) is 4.34. The maximum Gasteiger partial charge on any atom is 0.283 e. The zero-order valence-electron chi connectivity index (χ0n) is 18.9. The van der Waals surface area contributed by atoms with Gasteiger partial charge in [0.25, 0.3) is 17.7 Å². The first-order valence-corrected chi connectivity index (χ1v) is 12.7. The molecule has 0 aliphatic carbocycles. The lowest BCUT2D eigenvalue weighted by molar-refractivity contribution is -0.120. The highest BCUT2D eigenvalue weighted by atomic mass is 35.5. The number of benzene rings is 3. The van der Waals surface area contributed by atoms with Crippen LogP contribution in [0.4, 0.5) is 21.5 Å². The van der Waals surface area contributed by atoms with Crippen LogP contribution >= 0.6 is 23.2 Å². The Balaban J connectivity index is 1.56. The number of primary sulfonamides is 1. The lowest BCUT2D eigenvalue weighted by Crippen LogP contribution is -2.32. The van der Waals surface area contributed by atoms with E-state index in [1.807, 2.05) is 0 Å². The van der Waals surface area contributed by atoms with E-state index in [9.17, 15) is 27.2 Å². The van der Waals surface area contributed by atoms with Gasteiger partial charge in [-0.2, -0.15) is 0 Å². The SMILES string of the molecule is Cc1ccc(C(=O)Nc2ccc(S(N)(=O)=O)cc2)cc1NC1=C(Cl)C(=O)N(c2ccc(F)c(Cl)c2)C1=O. The zero-order valence-corrected chi connectivity index (χ0v) is 21.2. The summed E-state index contributed by atoms with van der Waals surface area (Å²) in [5, 5.41) is 9.85. The van der Waals surface area contributed by atoms with Gasteiger partial charge in [0.05, 0.1) is 15.6 Å². The first-order chi connectivity index (χ1) is 17.4. The van der Waals surface area contributed by atoms with E-state index in [-0.39, 0.29) is 26.9 Å². The number of anilines is 3. The van der Waals surface area contributed by atoms with Gasteiger partial charge in [-0.15, -0.1) is 0 Å². The Morgan fingerprint density at radius 3 is 2.27 bits per heavy atom. The van der Waals surface area contributed by atoms with Crippen molar-refractivity contribution in [3.8, 4) is 0 Å². The first kappa shape index (κ1) is 26.3. The third-order valence-electron chi connectivity index (χ3n) is 5.39. The molecule has 3 amide bonds. The number of nitrogens with two attached hydrogens (primary N) is 1. The number of nitrogens with zero attached hydrogens (tertiary/aromatic N) is 1. The Bertz CT molecular complexity index is 1610. The molecule has 4 N–H and O–H groups in total. The lowest BCUT2D eigenvalue weighted by Gasteiger charge is -2.16. The van der Waals surface area contributed by atoms with Crippen LogP contribution in [0, 0.1) is 12.7 Å². The fourth-order valence-electron chi connectivity index (χ4n) is 3.43. The van der Waals surface area contributed by atoms with Crippen molar-refractivity contribution in [2.24, 2.45) is 5.14 Å². The third-order valence-corrected chi connectivity index (χ3v) is 6.96. The van der Waals surface area contributed by atoms with Crippen LogP contribution in [0.3, 0.4) is 0 Å². The molecule has 0 atom stereocenters. The second-order valence-corrected chi connectivity index (χ2v) is 10.3. The molecular weight excluding hydrogens is 546 g/mol. The molecule has 9 nitrogen and oxygen atoms in total. The molecule has 0 bridgehead atoms. The third kappa shape index (κ3) is 5.35. The van der Waals surface area contributed by atoms with Crippen molar-refractivity contribution in [2.45, 2.75) is 11.8 Å². The predicted octanol–water partition coefficient (Wildman–Crippen LogP) is 4.12. The number of amides is 3. The first-order valence-electron chi connectivity index (χ1n) is 10.4. The molecule has 0 aromatic heterocycles. The average molecular weight is 563 g/mol. The van der Waals surface area contributed by atoms with E-state index in [1.165, 1.54) is 36.4 Å². The van der Waals surface area contributed by atoms with E-state index >= 15 is 0 Å². The van der Waals surface area contributed by atoms with E-state index in [0.29, 0.717) is 16.9 Å². The summed E-state index contributed by atoms with van der Waals surface area (Å²) in [5.74, 6) is -2.86. The quantitative estimate of drug-likeness (QED) is 0.386. The minimum atomic E-state index is -3.88. The average Bonchev–Trinajstić information content (AvgIpc) is 3.05. The van der Waals surface area contributed by atoms with Crippen LogP contribution in [-0.4, -0.2) is 26.1 Å². The van der Waals surface area contributed by atoms with Gasteiger partial charge < -0.3 is 10.6 Å². The second-order valence-electron chi connectivity index (χ2n) is 7.91. The van der Waals surface area contributed by atoms with Gasteiger partial charge in [-0.05, 0) is 67.1 Å². The number of carbonyl (C=O) groups is 3. The second kappa shape index (κ2) is 9.94. The maximum atomic E-state index is 13.5. The van der Waals surface area contributed by atoms with Crippen molar-refractivity contribution < 1.29 is 27.2 Å². The van der Waals surface area contributed by atoms with E-state index in [0.717, 1.165) is 17.0 Å². The van der Waals surface area contributed by atoms with Gasteiger partial charge in [0.15, 0.2) is 0 Å². The highest BCUT2D eigenvalue weighted by molar-refractivity contribution is 7.89. The largest absolute Gasteiger partial charge is 0.349 e. The molecule has 1 heterocycles. The minimum Gasteiger partial charge on any atom is -0.349 e. The fraction of sp³-hybridized carbons (Fsp3) is 0.0417. The number of halogens is 3. The van der Waals surface area contributed by atoms with Crippen molar-refractivity contribution in [2.75, 3.05) is 15.5 Å². The van der Waals surface area contributed by atoms with Crippen molar-refractivity contribution >= 4 is 68.0 Å². The summed E-state index contributed by atoms with van der Waals surface area (Å²) in [4.78, 5) is 39.2. The lowest BCUT2D eigenvalue weighted by atomic mass is 10.1. The maximum absolute atomic E-state index is 13.5. The molecule has 1 aliphatic heterocycles. The summed E-state index contributed by atoms with van der Waals surface area (Å²) >= 11 is 12.0. The number of hydrogen-bond acceptors (Lipinski definition) is 6. The van der Waals surface area contributed by atoms with Crippen molar-refractivity contribution in [1.82, 2.24) is 0 Å². The monoisotopic (exact) mass is 562 g/mol. The molecule has 1 aliphatic rings. The molecule has 0 fully saturated rings. The predicted molar refractivity (Wildman–Crippen MR) is 137 cm³/mol. The molecule has 0 unspecified atom stereocenters. The Morgan fingerprint density at radius 1 is 0.973 bits per heavy atom. The van der Waals surface area contributed by atoms with Crippen LogP contribution in [0.2, 0.25) is 5.02 Å². The van der Waals surface area contributed by atoms with Gasteiger partial charge in [0.2, 0.25) is 10.0 Å². The summed E-state index contributed by atoms with van der Waals surface area (Å²) < 4.78 is 36.3. The molecule has 13 heteroatoms. The van der Waals surface area contributed by atoms with Crippen molar-refractivity contribution in [3.05, 3.63) is 93.4 Å². The van der Waals surface area contributed by atoms with Crippen LogP contribution in [-0.2, 0) is 19.6 Å². The van der Waals surface area contributed by atoms with Gasteiger partial charge in [0, 0.05) is 16.9 Å². The molecule has 3 aromatic carbocycles.